The third-order valence-corrected chi connectivity index (χ3v) is 6.66. The number of nitrogens with one attached hydrogen (secondary N) is 1. The van der Waals surface area contributed by atoms with Crippen molar-refractivity contribution in [3.8, 4) is 5.69 Å². The predicted molar refractivity (Wildman–Crippen MR) is 132 cm³/mol. The third kappa shape index (κ3) is 6.13. The van der Waals surface area contributed by atoms with Gasteiger partial charge in [0, 0.05) is 31.6 Å². The molecule has 10 heteroatoms. The lowest BCUT2D eigenvalue weighted by molar-refractivity contribution is -0.130. The topological polar surface area (TPSA) is 97.2 Å². The number of nitrogens with zero attached hydrogens (tertiary/aromatic N) is 4. The van der Waals surface area contributed by atoms with Gasteiger partial charge in [0.25, 0.3) is 5.56 Å². The van der Waals surface area contributed by atoms with E-state index in [1.807, 2.05) is 11.0 Å². The molecule has 2 heterocycles. The van der Waals surface area contributed by atoms with Gasteiger partial charge >= 0.3 is 0 Å². The summed E-state index contributed by atoms with van der Waals surface area (Å²) < 4.78 is 15.2. The van der Waals surface area contributed by atoms with Crippen molar-refractivity contribution in [2.24, 2.45) is 0 Å². The molecule has 8 nitrogen and oxygen atoms in total. The molecule has 182 valence electrons. The quantitative estimate of drug-likeness (QED) is 0.482. The van der Waals surface area contributed by atoms with Gasteiger partial charge in [-0.3, -0.25) is 19.0 Å². The number of hydrogen-bond acceptors (Lipinski definition) is 6. The van der Waals surface area contributed by atoms with Crippen LogP contribution in [0.5, 0.6) is 0 Å². The highest BCUT2D eigenvalue weighted by Crippen LogP contribution is 2.19. The van der Waals surface area contributed by atoms with Gasteiger partial charge in [0.15, 0.2) is 5.16 Å². The van der Waals surface area contributed by atoms with Crippen LogP contribution in [0.25, 0.3) is 5.69 Å². The van der Waals surface area contributed by atoms with E-state index >= 15 is 0 Å². The molecule has 4 rings (SSSR count). The molecule has 0 spiro atoms. The molecule has 1 aromatic heterocycles. The lowest BCUT2D eigenvalue weighted by Crippen LogP contribution is -2.31. The first-order chi connectivity index (χ1) is 16.9. The molecule has 2 aromatic carbocycles. The summed E-state index contributed by atoms with van der Waals surface area (Å²) >= 11 is 1.05. The predicted octanol–water partition coefficient (Wildman–Crippen LogP) is 3.36. The first-order valence-corrected chi connectivity index (χ1v) is 12.4. The van der Waals surface area contributed by atoms with Gasteiger partial charge in [-0.05, 0) is 49.6 Å². The van der Waals surface area contributed by atoms with E-state index in [4.69, 9.17) is 0 Å². The minimum Gasteiger partial charge on any atom is -0.343 e. The molecule has 1 N–H and O–H groups in total. The van der Waals surface area contributed by atoms with Crippen molar-refractivity contribution >= 4 is 29.3 Å². The largest absolute Gasteiger partial charge is 0.343 e. The molecule has 0 bridgehead atoms. The van der Waals surface area contributed by atoms with Crippen molar-refractivity contribution < 1.29 is 14.0 Å². The van der Waals surface area contributed by atoms with Crippen LogP contribution in [-0.4, -0.2) is 50.3 Å². The Labute approximate surface area is 206 Å². The minimum atomic E-state index is -0.405. The van der Waals surface area contributed by atoms with E-state index < -0.39 is 5.82 Å². The van der Waals surface area contributed by atoms with E-state index in [1.165, 1.54) is 10.6 Å². The molecule has 0 saturated carbocycles. The Balaban J connectivity index is 1.50. The fourth-order valence-corrected chi connectivity index (χ4v) is 4.56. The molecule has 3 aromatic rings. The molecular weight excluding hydrogens is 469 g/mol. The van der Waals surface area contributed by atoms with E-state index in [1.54, 1.807) is 43.3 Å². The number of benzene rings is 2. The van der Waals surface area contributed by atoms with Crippen LogP contribution in [0.1, 0.15) is 30.5 Å². The number of aromatic nitrogens is 3. The monoisotopic (exact) mass is 495 g/mol. The molecule has 0 atom stereocenters. The van der Waals surface area contributed by atoms with Crippen LogP contribution in [0.4, 0.5) is 10.1 Å². The maximum atomic E-state index is 13.8. The molecule has 1 aliphatic heterocycles. The van der Waals surface area contributed by atoms with E-state index in [0.717, 1.165) is 37.7 Å². The second kappa shape index (κ2) is 11.3. The van der Waals surface area contributed by atoms with Crippen LogP contribution in [0.15, 0.2) is 58.5 Å². The third-order valence-electron chi connectivity index (χ3n) is 5.73. The van der Waals surface area contributed by atoms with Crippen LogP contribution >= 0.6 is 11.8 Å². The molecule has 0 unspecified atom stereocenters. The summed E-state index contributed by atoms with van der Waals surface area (Å²) in [5, 5.41) is 11.2. The summed E-state index contributed by atoms with van der Waals surface area (Å²) in [5.74, 6) is -0.813. The molecule has 1 fully saturated rings. The Hall–Kier alpha value is -3.53. The van der Waals surface area contributed by atoms with E-state index in [0.29, 0.717) is 16.9 Å². The van der Waals surface area contributed by atoms with Crippen LogP contribution in [-0.2, 0) is 16.0 Å². The fraction of sp³-hybridized carbons (Fsp3) is 0.320. The smallest absolute Gasteiger partial charge is 0.280 e. The highest BCUT2D eigenvalue weighted by molar-refractivity contribution is 7.99. The summed E-state index contributed by atoms with van der Waals surface area (Å²) in [6.45, 7) is 3.15. The second-order valence-corrected chi connectivity index (χ2v) is 9.24. The molecule has 1 aliphatic rings. The van der Waals surface area contributed by atoms with Crippen molar-refractivity contribution in [3.05, 3.63) is 76.0 Å². The zero-order chi connectivity index (χ0) is 24.8. The van der Waals surface area contributed by atoms with Crippen LogP contribution < -0.4 is 10.9 Å². The standard InChI is InChI=1S/C25H26FN5O3S/c1-17-9-10-18(15-20(17)26)27-22(32)16-35-25-29-28-21(11-12-23(33)30-13-5-6-14-30)24(34)31(25)19-7-3-2-4-8-19/h2-4,7-10,15H,5-6,11-14,16H2,1H3,(H,27,32). The van der Waals surface area contributed by atoms with Gasteiger partial charge in [-0.15, -0.1) is 10.2 Å². The molecular formula is C25H26FN5O3S. The summed E-state index contributed by atoms with van der Waals surface area (Å²) in [4.78, 5) is 40.0. The van der Waals surface area contributed by atoms with Gasteiger partial charge in [0.05, 0.1) is 11.4 Å². The Morgan fingerprint density at radius 1 is 1.09 bits per heavy atom. The zero-order valence-electron chi connectivity index (χ0n) is 19.4. The normalized spacial score (nSPS) is 13.1. The first kappa shape index (κ1) is 24.6. The number of hydrogen-bond donors (Lipinski definition) is 1. The average molecular weight is 496 g/mol. The molecule has 2 amide bonds. The molecule has 1 saturated heterocycles. The lowest BCUT2D eigenvalue weighted by atomic mass is 10.2. The van der Waals surface area contributed by atoms with Gasteiger partial charge in [-0.1, -0.05) is 36.0 Å². The molecule has 35 heavy (non-hydrogen) atoms. The Morgan fingerprint density at radius 2 is 1.83 bits per heavy atom. The zero-order valence-corrected chi connectivity index (χ0v) is 20.2. The van der Waals surface area contributed by atoms with Crippen molar-refractivity contribution in [1.29, 1.82) is 0 Å². The number of carbonyl (C=O) groups excluding carboxylic acids is 2. The summed E-state index contributed by atoms with van der Waals surface area (Å²) in [6, 6.07) is 13.4. The van der Waals surface area contributed by atoms with Crippen molar-refractivity contribution in [2.75, 3.05) is 24.2 Å². The van der Waals surface area contributed by atoms with E-state index in [-0.39, 0.29) is 46.8 Å². The van der Waals surface area contributed by atoms with Crippen LogP contribution in [0.3, 0.4) is 0 Å². The van der Waals surface area contributed by atoms with Gasteiger partial charge < -0.3 is 10.2 Å². The van der Waals surface area contributed by atoms with E-state index in [9.17, 15) is 18.8 Å². The molecule has 0 aliphatic carbocycles. The number of thioether (sulfide) groups is 1. The average Bonchev–Trinajstić information content (AvgIpc) is 3.40. The Bertz CT molecular complexity index is 1280. The number of aryl methyl sites for hydroxylation is 2. The van der Waals surface area contributed by atoms with Crippen molar-refractivity contribution in [2.45, 2.75) is 37.8 Å². The van der Waals surface area contributed by atoms with Crippen LogP contribution in [0.2, 0.25) is 0 Å². The molecule has 0 radical (unpaired) electrons. The number of rotatable bonds is 8. The maximum absolute atomic E-state index is 13.8. The number of carbonyl (C=O) groups is 2. The highest BCUT2D eigenvalue weighted by atomic mass is 32.2. The van der Waals surface area contributed by atoms with Gasteiger partial charge in [0.1, 0.15) is 11.5 Å². The van der Waals surface area contributed by atoms with Gasteiger partial charge in [-0.25, -0.2) is 4.39 Å². The Kier molecular flexibility index (Phi) is 7.91. The number of anilines is 1. The highest BCUT2D eigenvalue weighted by Gasteiger charge is 2.20. The van der Waals surface area contributed by atoms with Crippen molar-refractivity contribution in [3.63, 3.8) is 0 Å². The Morgan fingerprint density at radius 3 is 2.54 bits per heavy atom. The lowest BCUT2D eigenvalue weighted by Gasteiger charge is -2.15. The van der Waals surface area contributed by atoms with Gasteiger partial charge in [0.2, 0.25) is 11.8 Å². The van der Waals surface area contributed by atoms with E-state index in [2.05, 4.69) is 15.5 Å². The number of likely N-dealkylation sites (tertiary alicyclic amines) is 1. The summed E-state index contributed by atoms with van der Waals surface area (Å²) in [7, 11) is 0. The fourth-order valence-electron chi connectivity index (χ4n) is 3.81. The maximum Gasteiger partial charge on any atom is 0.280 e. The summed E-state index contributed by atoms with van der Waals surface area (Å²) in [5.41, 5.74) is 1.25. The van der Waals surface area contributed by atoms with Crippen LogP contribution in [0, 0.1) is 12.7 Å². The van der Waals surface area contributed by atoms with Crippen molar-refractivity contribution in [1.82, 2.24) is 19.7 Å². The first-order valence-electron chi connectivity index (χ1n) is 11.4. The minimum absolute atomic E-state index is 0.0117. The summed E-state index contributed by atoms with van der Waals surface area (Å²) in [6.07, 6.45) is 2.40. The second-order valence-electron chi connectivity index (χ2n) is 8.29. The SMILES string of the molecule is Cc1ccc(NC(=O)CSc2nnc(CCC(=O)N3CCCC3)c(=O)n2-c2ccccc2)cc1F. The number of halogens is 1. The number of amides is 2. The number of para-hydroxylation sites is 1. The van der Waals surface area contributed by atoms with Gasteiger partial charge in [-0.2, -0.15) is 0 Å².